The van der Waals surface area contributed by atoms with Crippen molar-refractivity contribution in [1.82, 2.24) is 0 Å². The second-order valence-electron chi connectivity index (χ2n) is 6.08. The van der Waals surface area contributed by atoms with E-state index in [0.717, 1.165) is 6.92 Å². The maximum Gasteiger partial charge on any atom is 2.00 e. The monoisotopic (exact) mass is 486 g/mol. The molecule has 16 nitrogen and oxygen atoms in total. The van der Waals surface area contributed by atoms with Gasteiger partial charge in [0.1, 0.15) is 48.8 Å². The summed E-state index contributed by atoms with van der Waals surface area (Å²) >= 11 is 0. The molecule has 0 fully saturated rings. The van der Waals surface area contributed by atoms with Crippen molar-refractivity contribution in [3.05, 3.63) is 0 Å². The average Bonchev–Trinajstić information content (AvgIpc) is 2.73. The van der Waals surface area contributed by atoms with Gasteiger partial charge in [0.25, 0.3) is 0 Å². The van der Waals surface area contributed by atoms with Gasteiger partial charge >= 0.3 is 29.0 Å². The van der Waals surface area contributed by atoms with E-state index in [9.17, 15) is 34.8 Å². The van der Waals surface area contributed by atoms with Crippen molar-refractivity contribution >= 4 is 41.0 Å². The van der Waals surface area contributed by atoms with Crippen molar-refractivity contribution in [1.29, 1.82) is 0 Å². The zero-order chi connectivity index (χ0) is 25.0. The van der Waals surface area contributed by atoms with Crippen molar-refractivity contribution in [3.63, 3.8) is 0 Å². The van der Waals surface area contributed by atoms with Gasteiger partial charge in [-0.15, -0.1) is 0 Å². The number of carboxylic acid groups (broad SMARTS) is 2. The number of aliphatic hydroxyl groups is 10. The number of carbonyl (C=O) groups is 3. The Hall–Kier alpha value is -1.22. The van der Waals surface area contributed by atoms with Gasteiger partial charge in [-0.05, 0) is 6.92 Å². The van der Waals surface area contributed by atoms with Crippen molar-refractivity contribution in [2.24, 2.45) is 0 Å². The van der Waals surface area contributed by atoms with Gasteiger partial charge in [0.2, 0.25) is 0 Å². The number of carboxylic acids is 2. The quantitative estimate of drug-likeness (QED) is 0.0903. The van der Waals surface area contributed by atoms with Gasteiger partial charge in [-0.3, -0.25) is 0 Å². The molecule has 0 amide bonds. The number of esters is 1. The third-order valence-electron chi connectivity index (χ3n) is 3.55. The van der Waals surface area contributed by atoms with E-state index in [2.05, 4.69) is 4.74 Å². The van der Waals surface area contributed by atoms with E-state index >= 15 is 0 Å². The number of carbonyl (C=O) groups excluding carboxylic acids is 3. The summed E-state index contributed by atoms with van der Waals surface area (Å²) < 4.78 is 4.20. The molecular weight excluding hydrogens is 460 g/mol. The fourth-order valence-electron chi connectivity index (χ4n) is 1.66. The van der Waals surface area contributed by atoms with Gasteiger partial charge in [0, 0.05) is 0 Å². The third kappa shape index (κ3) is 12.1. The van der Waals surface area contributed by atoms with Gasteiger partial charge in [0.05, 0.1) is 25.2 Å². The Balaban J connectivity index is -0.000000535. The predicted molar refractivity (Wildman–Crippen MR) is 93.5 cm³/mol. The number of hydrogen-bond donors (Lipinski definition) is 10. The molecule has 17 heteroatoms. The first-order chi connectivity index (χ1) is 14.1. The third-order valence-corrected chi connectivity index (χ3v) is 3.55. The van der Waals surface area contributed by atoms with Crippen LogP contribution in [0.2, 0.25) is 0 Å². The van der Waals surface area contributed by atoms with Crippen molar-refractivity contribution < 1.29 is 80.4 Å². The standard InChI is InChI=1S/C9H16O9.C6H12O7.Mg/c1-3(11)9(17)18-7(8(15)16)6(14)5(13)4(12)2-10;7-1-2(8)3(9)4(10)5(11)6(12)13;/h3-7,10-14H,2H2,1H3,(H,15,16);2-5,7-11H,1H2,(H,12,13);/q;;+2/p-2/t3?,4-,5-,6+,7-;2-,3-,4+,5-;/m11./s1. The Morgan fingerprint density at radius 1 is 0.719 bits per heavy atom. The number of rotatable bonds is 12. The van der Waals surface area contributed by atoms with Crippen LogP contribution < -0.4 is 10.2 Å². The Kier molecular flexibility index (Phi) is 19.1. The molecule has 10 N–H and O–H groups in total. The Bertz CT molecular complexity index is 560. The topological polar surface area (TPSA) is 309 Å². The fourth-order valence-corrected chi connectivity index (χ4v) is 1.66. The van der Waals surface area contributed by atoms with Crippen LogP contribution in [0.5, 0.6) is 0 Å². The molecule has 0 bridgehead atoms. The zero-order valence-corrected chi connectivity index (χ0v) is 18.2. The molecule has 9 atom stereocenters. The molecule has 1 unspecified atom stereocenters. The Morgan fingerprint density at radius 3 is 1.38 bits per heavy atom. The van der Waals surface area contributed by atoms with E-state index in [-0.39, 0.29) is 23.1 Å². The number of aliphatic hydroxyl groups excluding tert-OH is 10. The average molecular weight is 487 g/mol. The Labute approximate surface area is 196 Å². The van der Waals surface area contributed by atoms with Crippen LogP contribution in [0.1, 0.15) is 6.92 Å². The molecule has 0 aliphatic rings. The van der Waals surface area contributed by atoms with Gasteiger partial charge in [0.15, 0.2) is 6.10 Å². The second-order valence-corrected chi connectivity index (χ2v) is 6.08. The summed E-state index contributed by atoms with van der Waals surface area (Å²) in [7, 11) is 0. The maximum absolute atomic E-state index is 11.0. The van der Waals surface area contributed by atoms with E-state index in [1.54, 1.807) is 0 Å². The molecule has 0 rings (SSSR count). The minimum absolute atomic E-state index is 0. The van der Waals surface area contributed by atoms with Gasteiger partial charge in [-0.2, -0.15) is 0 Å². The Morgan fingerprint density at radius 2 is 1.09 bits per heavy atom. The first-order valence-corrected chi connectivity index (χ1v) is 8.42. The molecule has 184 valence electrons. The van der Waals surface area contributed by atoms with Gasteiger partial charge in [-0.1, -0.05) is 0 Å². The van der Waals surface area contributed by atoms with Crippen molar-refractivity contribution in [2.75, 3.05) is 13.2 Å². The normalized spacial score (nSPS) is 19.2. The molecule has 0 radical (unpaired) electrons. The van der Waals surface area contributed by atoms with Crippen LogP contribution in [0.3, 0.4) is 0 Å². The first-order valence-electron chi connectivity index (χ1n) is 8.42. The predicted octanol–water partition coefficient (Wildman–Crippen LogP) is -10.1. The van der Waals surface area contributed by atoms with Crippen LogP contribution in [0.15, 0.2) is 0 Å². The second kappa shape index (κ2) is 17.3. The summed E-state index contributed by atoms with van der Waals surface area (Å²) in [5.74, 6) is -5.36. The van der Waals surface area contributed by atoms with Gasteiger partial charge < -0.3 is 75.6 Å². The van der Waals surface area contributed by atoms with Crippen molar-refractivity contribution in [2.45, 2.75) is 61.9 Å². The van der Waals surface area contributed by atoms with Gasteiger partial charge in [-0.25, -0.2) is 4.79 Å². The molecular formula is C15H26MgO16. The molecule has 0 aromatic rings. The van der Waals surface area contributed by atoms with Crippen LogP contribution in [0.25, 0.3) is 0 Å². The molecule has 0 aromatic carbocycles. The van der Waals surface area contributed by atoms with E-state index in [4.69, 9.17) is 40.9 Å². The summed E-state index contributed by atoms with van der Waals surface area (Å²) in [5, 5.41) is 109. The largest absolute Gasteiger partial charge is 2.00 e. The number of aliphatic carboxylic acids is 2. The fraction of sp³-hybridized carbons (Fsp3) is 0.800. The van der Waals surface area contributed by atoms with Crippen LogP contribution in [0.4, 0.5) is 0 Å². The summed E-state index contributed by atoms with van der Waals surface area (Å²) in [6, 6.07) is 0. The summed E-state index contributed by atoms with van der Waals surface area (Å²) in [6.45, 7) is -0.805. The first kappa shape index (κ1) is 35.4. The SMILES string of the molecule is CC(O)C(=O)O[C@@H](C(=O)[O-])[C@@H](O)[C@H](O)[C@H](O)CO.O=C([O-])[C@H](O)[C@@H](O)[C@H](O)[C@H](O)CO.[Mg+2]. The van der Waals surface area contributed by atoms with E-state index in [1.807, 2.05) is 0 Å². The van der Waals surface area contributed by atoms with E-state index < -0.39 is 86.1 Å². The minimum atomic E-state index is -2.31. The van der Waals surface area contributed by atoms with E-state index in [1.165, 1.54) is 0 Å². The smallest absolute Gasteiger partial charge is 0.547 e. The van der Waals surface area contributed by atoms with Crippen molar-refractivity contribution in [3.8, 4) is 0 Å². The number of ether oxygens (including phenoxy) is 1. The minimum Gasteiger partial charge on any atom is -0.547 e. The van der Waals surface area contributed by atoms with Crippen LogP contribution in [-0.2, 0) is 19.1 Å². The molecule has 0 aromatic heterocycles. The summed E-state index contributed by atoms with van der Waals surface area (Å²) in [6.07, 6.45) is -18.1. The molecule has 0 heterocycles. The number of hydrogen-bond acceptors (Lipinski definition) is 16. The molecule has 32 heavy (non-hydrogen) atoms. The molecule has 0 saturated heterocycles. The van der Waals surface area contributed by atoms with Crippen LogP contribution in [0, 0.1) is 0 Å². The zero-order valence-electron chi connectivity index (χ0n) is 16.7. The molecule has 0 aliphatic carbocycles. The maximum atomic E-state index is 11.0. The van der Waals surface area contributed by atoms with Crippen LogP contribution in [-0.4, -0.2) is 160 Å². The summed E-state index contributed by atoms with van der Waals surface area (Å²) in [5.41, 5.74) is 0. The molecule has 0 aliphatic heterocycles. The summed E-state index contributed by atoms with van der Waals surface area (Å²) in [4.78, 5) is 31.6. The molecule has 0 saturated carbocycles. The van der Waals surface area contributed by atoms with Crippen LogP contribution >= 0.6 is 0 Å². The van der Waals surface area contributed by atoms with E-state index in [0.29, 0.717) is 0 Å². The molecule has 0 spiro atoms.